The fourth-order valence-electron chi connectivity index (χ4n) is 2.88. The second-order valence-corrected chi connectivity index (χ2v) is 10.9. The standard InChI is InChI=1S/C20H27O3Si/c1-6-24(5,7-2)18-12-10-17(11-13-18)20(21)23-22-19-14-15(3)8-9-16(19)4/h6-7,10-13,15-16H,1-2,8-9,14H2,3-5H3. The van der Waals surface area contributed by atoms with Gasteiger partial charge in [0, 0.05) is 0 Å². The molecule has 0 saturated heterocycles. The van der Waals surface area contributed by atoms with Crippen molar-refractivity contribution in [2.45, 2.75) is 39.7 Å². The van der Waals surface area contributed by atoms with Gasteiger partial charge in [-0.2, -0.15) is 4.89 Å². The third-order valence-electron chi connectivity index (χ3n) is 5.01. The minimum absolute atomic E-state index is 0.336. The van der Waals surface area contributed by atoms with E-state index in [1.165, 1.54) is 6.42 Å². The Bertz CT molecular complexity index is 585. The molecule has 1 fully saturated rings. The molecule has 0 N–H and O–H groups in total. The highest BCUT2D eigenvalue weighted by Crippen LogP contribution is 2.35. The molecular formula is C20H27O3Si. The van der Waals surface area contributed by atoms with Gasteiger partial charge in [0.2, 0.25) is 0 Å². The van der Waals surface area contributed by atoms with Crippen molar-refractivity contribution in [3.63, 3.8) is 0 Å². The molecule has 1 aliphatic rings. The van der Waals surface area contributed by atoms with E-state index in [0.717, 1.165) is 24.1 Å². The molecule has 3 nitrogen and oxygen atoms in total. The second-order valence-electron chi connectivity index (χ2n) is 6.98. The van der Waals surface area contributed by atoms with Gasteiger partial charge in [0.1, 0.15) is 8.07 Å². The van der Waals surface area contributed by atoms with Gasteiger partial charge in [-0.1, -0.05) is 55.5 Å². The fourth-order valence-corrected chi connectivity index (χ4v) is 4.41. The average molecular weight is 344 g/mol. The highest BCUT2D eigenvalue weighted by molar-refractivity contribution is 6.98. The largest absolute Gasteiger partial charge is 0.373 e. The van der Waals surface area contributed by atoms with Gasteiger partial charge in [-0.05, 0) is 36.8 Å². The van der Waals surface area contributed by atoms with E-state index in [1.54, 1.807) is 12.1 Å². The third-order valence-corrected chi connectivity index (χ3v) is 8.28. The van der Waals surface area contributed by atoms with Crippen LogP contribution in [0.2, 0.25) is 6.55 Å². The maximum atomic E-state index is 12.2. The van der Waals surface area contributed by atoms with Crippen molar-refractivity contribution >= 4 is 19.2 Å². The Hall–Kier alpha value is -1.65. The van der Waals surface area contributed by atoms with Crippen molar-refractivity contribution in [2.75, 3.05) is 0 Å². The lowest BCUT2D eigenvalue weighted by molar-refractivity contribution is -0.248. The topological polar surface area (TPSA) is 35.5 Å². The summed E-state index contributed by atoms with van der Waals surface area (Å²) in [5, 5.41) is 1.16. The van der Waals surface area contributed by atoms with Gasteiger partial charge in [0.15, 0.2) is 6.10 Å². The number of hydrogen-bond acceptors (Lipinski definition) is 3. The molecule has 2 rings (SSSR count). The summed E-state index contributed by atoms with van der Waals surface area (Å²) in [4.78, 5) is 22.6. The Morgan fingerprint density at radius 2 is 1.79 bits per heavy atom. The van der Waals surface area contributed by atoms with Gasteiger partial charge in [0.25, 0.3) is 0 Å². The molecule has 4 heteroatoms. The first-order valence-electron chi connectivity index (χ1n) is 8.52. The van der Waals surface area contributed by atoms with Crippen LogP contribution in [-0.4, -0.2) is 14.0 Å². The quantitative estimate of drug-likeness (QED) is 0.433. The van der Waals surface area contributed by atoms with Crippen LogP contribution in [0.5, 0.6) is 0 Å². The molecule has 129 valence electrons. The first kappa shape index (κ1) is 18.7. The summed E-state index contributed by atoms with van der Waals surface area (Å²) in [5.74, 6) is 0.456. The summed E-state index contributed by atoms with van der Waals surface area (Å²) in [5.41, 5.74) is 4.43. The zero-order valence-corrected chi connectivity index (χ0v) is 15.9. The minimum atomic E-state index is -1.85. The molecule has 1 aromatic carbocycles. The molecule has 0 aromatic heterocycles. The molecule has 1 aromatic rings. The lowest BCUT2D eigenvalue weighted by Gasteiger charge is -2.29. The summed E-state index contributed by atoms with van der Waals surface area (Å²) in [6.45, 7) is 14.3. The highest BCUT2D eigenvalue weighted by Gasteiger charge is 2.29. The number of hydrogen-bond donors (Lipinski definition) is 0. The predicted octanol–water partition coefficient (Wildman–Crippen LogP) is 4.50. The molecule has 1 aliphatic carbocycles. The maximum absolute atomic E-state index is 12.2. The Morgan fingerprint density at radius 1 is 1.17 bits per heavy atom. The molecule has 0 heterocycles. The first-order valence-corrected chi connectivity index (χ1v) is 11.2. The van der Waals surface area contributed by atoms with Gasteiger partial charge in [-0.25, -0.2) is 4.79 Å². The molecular weight excluding hydrogens is 316 g/mol. The maximum Gasteiger partial charge on any atom is 0.373 e. The van der Waals surface area contributed by atoms with Gasteiger partial charge in [0.05, 0.1) is 5.56 Å². The van der Waals surface area contributed by atoms with Crippen molar-refractivity contribution in [1.29, 1.82) is 0 Å². The molecule has 0 bridgehead atoms. The van der Waals surface area contributed by atoms with E-state index < -0.39 is 14.0 Å². The Kier molecular flexibility index (Phi) is 6.19. The molecule has 2 atom stereocenters. The van der Waals surface area contributed by atoms with Crippen LogP contribution in [0, 0.1) is 17.9 Å². The number of benzene rings is 1. The molecule has 0 spiro atoms. The number of rotatable bonds is 6. The van der Waals surface area contributed by atoms with Crippen LogP contribution in [0.3, 0.4) is 0 Å². The predicted molar refractivity (Wildman–Crippen MR) is 100 cm³/mol. The first-order chi connectivity index (χ1) is 11.4. The normalized spacial score (nSPS) is 22.0. The van der Waals surface area contributed by atoms with Gasteiger partial charge in [-0.15, -0.1) is 13.2 Å². The molecule has 2 unspecified atom stereocenters. The Balaban J connectivity index is 1.98. The third kappa shape index (κ3) is 4.25. The molecule has 0 amide bonds. The fraction of sp³-hybridized carbons (Fsp3) is 0.400. The van der Waals surface area contributed by atoms with Gasteiger partial charge in [-0.3, -0.25) is 4.89 Å². The van der Waals surface area contributed by atoms with Crippen LogP contribution in [0.15, 0.2) is 48.8 Å². The summed E-state index contributed by atoms with van der Waals surface area (Å²) >= 11 is 0. The van der Waals surface area contributed by atoms with Crippen molar-refractivity contribution in [3.8, 4) is 0 Å². The van der Waals surface area contributed by atoms with Crippen LogP contribution in [-0.2, 0) is 9.78 Å². The average Bonchev–Trinajstić information content (AvgIpc) is 2.61. The lowest BCUT2D eigenvalue weighted by Crippen LogP contribution is -2.40. The van der Waals surface area contributed by atoms with E-state index in [-0.39, 0.29) is 0 Å². The zero-order valence-electron chi connectivity index (χ0n) is 14.9. The number of carbonyl (C=O) groups is 1. The summed E-state index contributed by atoms with van der Waals surface area (Å²) in [6.07, 6.45) is 4.00. The lowest BCUT2D eigenvalue weighted by atomic mass is 9.82. The summed E-state index contributed by atoms with van der Waals surface area (Å²) < 4.78 is 0. The van der Waals surface area contributed by atoms with Crippen LogP contribution in [0.1, 0.15) is 43.5 Å². The zero-order chi connectivity index (χ0) is 17.7. The van der Waals surface area contributed by atoms with E-state index in [4.69, 9.17) is 9.78 Å². The Labute approximate surface area is 146 Å². The van der Waals surface area contributed by atoms with Gasteiger partial charge >= 0.3 is 5.97 Å². The van der Waals surface area contributed by atoms with E-state index in [0.29, 0.717) is 17.4 Å². The SMILES string of the molecule is C=C[Si](C)(C=C)c1ccc(C(=O)OO[C]2CC(C)CCC2C)cc1. The Morgan fingerprint density at radius 3 is 2.38 bits per heavy atom. The monoisotopic (exact) mass is 343 g/mol. The second kappa shape index (κ2) is 7.95. The van der Waals surface area contributed by atoms with Crippen LogP contribution >= 0.6 is 0 Å². The van der Waals surface area contributed by atoms with Crippen molar-refractivity contribution in [3.05, 3.63) is 60.5 Å². The molecule has 24 heavy (non-hydrogen) atoms. The van der Waals surface area contributed by atoms with Crippen molar-refractivity contribution in [1.82, 2.24) is 0 Å². The van der Waals surface area contributed by atoms with E-state index in [9.17, 15) is 4.79 Å². The summed E-state index contributed by atoms with van der Waals surface area (Å²) in [7, 11) is -1.85. The smallest absolute Gasteiger partial charge is 0.292 e. The van der Waals surface area contributed by atoms with Crippen molar-refractivity contribution < 1.29 is 14.6 Å². The van der Waals surface area contributed by atoms with Gasteiger partial charge < -0.3 is 0 Å². The van der Waals surface area contributed by atoms with Crippen LogP contribution in [0.4, 0.5) is 0 Å². The van der Waals surface area contributed by atoms with Crippen LogP contribution < -0.4 is 5.19 Å². The van der Waals surface area contributed by atoms with Crippen molar-refractivity contribution in [2.24, 2.45) is 11.8 Å². The minimum Gasteiger partial charge on any atom is -0.292 e. The highest BCUT2D eigenvalue weighted by atomic mass is 28.3. The summed E-state index contributed by atoms with van der Waals surface area (Å²) in [6, 6.07) is 7.45. The molecule has 1 saturated carbocycles. The van der Waals surface area contributed by atoms with E-state index in [1.807, 2.05) is 23.5 Å². The van der Waals surface area contributed by atoms with E-state index >= 15 is 0 Å². The number of carbonyl (C=O) groups excluding carboxylic acids is 1. The van der Waals surface area contributed by atoms with E-state index in [2.05, 4.69) is 33.6 Å². The molecule has 0 aliphatic heterocycles. The molecule has 1 radical (unpaired) electrons. The van der Waals surface area contributed by atoms with Crippen LogP contribution in [0.25, 0.3) is 0 Å².